The summed E-state index contributed by atoms with van der Waals surface area (Å²) in [6.45, 7) is 2.45. The average molecular weight is 467 g/mol. The van der Waals surface area contributed by atoms with Gasteiger partial charge in [-0.15, -0.1) is 0 Å². The van der Waals surface area contributed by atoms with Crippen LogP contribution in [0.15, 0.2) is 69.6 Å². The summed E-state index contributed by atoms with van der Waals surface area (Å²) in [5.74, 6) is 1.42. The highest BCUT2D eigenvalue weighted by molar-refractivity contribution is 9.10. The second-order valence-electron chi connectivity index (χ2n) is 6.43. The zero-order chi connectivity index (χ0) is 21.1. The summed E-state index contributed by atoms with van der Waals surface area (Å²) < 4.78 is 17.5. The Hall–Kier alpha value is -3.32. The molecule has 0 saturated heterocycles. The van der Waals surface area contributed by atoms with Crippen LogP contribution in [0, 0.1) is 0 Å². The van der Waals surface area contributed by atoms with Gasteiger partial charge in [-0.05, 0) is 71.4 Å². The van der Waals surface area contributed by atoms with Gasteiger partial charge in [-0.1, -0.05) is 12.1 Å². The van der Waals surface area contributed by atoms with Crippen molar-refractivity contribution in [3.8, 4) is 23.0 Å². The first-order valence-electron chi connectivity index (χ1n) is 9.36. The molecular weight excluding hydrogens is 448 g/mol. The topological polar surface area (TPSA) is 73.6 Å². The number of amides is 1. The number of anilines is 1. The Morgan fingerprint density at radius 2 is 1.90 bits per heavy atom. The minimum Gasteiger partial charge on any atom is -0.495 e. The molecule has 0 bridgehead atoms. The predicted molar refractivity (Wildman–Crippen MR) is 119 cm³/mol. The minimum atomic E-state index is -0.272. The van der Waals surface area contributed by atoms with Crippen LogP contribution < -0.4 is 14.8 Å². The van der Waals surface area contributed by atoms with Gasteiger partial charge in [0.15, 0.2) is 5.58 Å². The van der Waals surface area contributed by atoms with Crippen molar-refractivity contribution < 1.29 is 18.7 Å². The van der Waals surface area contributed by atoms with Crippen LogP contribution in [0.5, 0.6) is 11.5 Å². The van der Waals surface area contributed by atoms with Crippen molar-refractivity contribution in [1.82, 2.24) is 4.98 Å². The number of ether oxygens (including phenoxy) is 2. The van der Waals surface area contributed by atoms with Crippen LogP contribution in [0.4, 0.5) is 5.69 Å². The van der Waals surface area contributed by atoms with Gasteiger partial charge in [0.1, 0.15) is 17.0 Å². The van der Waals surface area contributed by atoms with Crippen LogP contribution >= 0.6 is 15.9 Å². The molecule has 3 aromatic carbocycles. The number of fused-ring (bicyclic) bond motifs is 1. The predicted octanol–water partition coefficient (Wildman–Crippen LogP) is 5.92. The number of halogens is 1. The van der Waals surface area contributed by atoms with E-state index >= 15 is 0 Å². The second-order valence-corrected chi connectivity index (χ2v) is 7.29. The summed E-state index contributed by atoms with van der Waals surface area (Å²) >= 11 is 3.44. The standard InChI is InChI=1S/C23H19BrN2O4/c1-3-29-19-10-8-14(12-16(19)24)22(27)25-18-13-15(9-11-20(18)28-2)23-26-17-6-4-5-7-21(17)30-23/h4-13H,3H2,1-2H3,(H,25,27). The minimum absolute atomic E-state index is 0.272. The molecule has 0 fully saturated rings. The number of benzene rings is 3. The summed E-state index contributed by atoms with van der Waals surface area (Å²) in [4.78, 5) is 17.3. The number of hydrogen-bond acceptors (Lipinski definition) is 5. The molecular formula is C23H19BrN2O4. The molecule has 4 rings (SSSR count). The first-order chi connectivity index (χ1) is 14.6. The van der Waals surface area contributed by atoms with Gasteiger partial charge in [0.25, 0.3) is 5.91 Å². The molecule has 1 heterocycles. The fraction of sp³-hybridized carbons (Fsp3) is 0.130. The van der Waals surface area contributed by atoms with Crippen LogP contribution in [-0.2, 0) is 0 Å². The molecule has 0 aliphatic heterocycles. The molecule has 0 saturated carbocycles. The van der Waals surface area contributed by atoms with Crippen molar-refractivity contribution >= 4 is 38.6 Å². The number of carbonyl (C=O) groups excluding carboxylic acids is 1. The van der Waals surface area contributed by atoms with E-state index in [2.05, 4.69) is 26.2 Å². The summed E-state index contributed by atoms with van der Waals surface area (Å²) in [5, 5.41) is 2.91. The van der Waals surface area contributed by atoms with E-state index in [1.165, 1.54) is 0 Å². The van der Waals surface area contributed by atoms with E-state index in [9.17, 15) is 4.79 Å². The molecule has 0 unspecified atom stereocenters. The molecule has 4 aromatic rings. The van der Waals surface area contributed by atoms with Gasteiger partial charge >= 0.3 is 0 Å². The third-order valence-electron chi connectivity index (χ3n) is 4.48. The van der Waals surface area contributed by atoms with Gasteiger partial charge in [0, 0.05) is 11.1 Å². The maximum atomic E-state index is 12.8. The third-order valence-corrected chi connectivity index (χ3v) is 5.10. The smallest absolute Gasteiger partial charge is 0.255 e. The molecule has 0 spiro atoms. The summed E-state index contributed by atoms with van der Waals surface area (Å²) in [6.07, 6.45) is 0. The van der Waals surface area contributed by atoms with E-state index in [0.29, 0.717) is 45.3 Å². The van der Waals surface area contributed by atoms with Gasteiger partial charge in [0.05, 0.1) is 23.9 Å². The first-order valence-corrected chi connectivity index (χ1v) is 10.2. The van der Waals surface area contributed by atoms with Crippen molar-refractivity contribution in [3.05, 3.63) is 70.7 Å². The van der Waals surface area contributed by atoms with Crippen molar-refractivity contribution in [2.24, 2.45) is 0 Å². The maximum absolute atomic E-state index is 12.8. The number of rotatable bonds is 6. The Kier molecular flexibility index (Phi) is 5.72. The van der Waals surface area contributed by atoms with Crippen molar-refractivity contribution in [2.45, 2.75) is 6.92 Å². The Bertz CT molecular complexity index is 1190. The quantitative estimate of drug-likeness (QED) is 0.381. The van der Waals surface area contributed by atoms with Crippen LogP contribution in [0.25, 0.3) is 22.6 Å². The molecule has 152 valence electrons. The lowest BCUT2D eigenvalue weighted by Gasteiger charge is -2.12. The number of oxazole rings is 1. The summed E-state index contributed by atoms with van der Waals surface area (Å²) in [5.41, 5.74) is 3.21. The lowest BCUT2D eigenvalue weighted by Crippen LogP contribution is -2.13. The maximum Gasteiger partial charge on any atom is 0.255 e. The van der Waals surface area contributed by atoms with Crippen LogP contribution in [0.3, 0.4) is 0 Å². The Morgan fingerprint density at radius 1 is 1.10 bits per heavy atom. The van der Waals surface area contributed by atoms with E-state index in [4.69, 9.17) is 13.9 Å². The van der Waals surface area contributed by atoms with Crippen molar-refractivity contribution in [1.29, 1.82) is 0 Å². The monoisotopic (exact) mass is 466 g/mol. The van der Waals surface area contributed by atoms with Gasteiger partial charge in [0.2, 0.25) is 5.89 Å². The lowest BCUT2D eigenvalue weighted by atomic mass is 10.1. The number of methoxy groups -OCH3 is 1. The number of carbonyl (C=O) groups is 1. The van der Waals surface area contributed by atoms with E-state index in [0.717, 1.165) is 11.1 Å². The van der Waals surface area contributed by atoms with Gasteiger partial charge < -0.3 is 19.2 Å². The fourth-order valence-electron chi connectivity index (χ4n) is 3.04. The molecule has 0 radical (unpaired) electrons. The number of hydrogen-bond donors (Lipinski definition) is 1. The highest BCUT2D eigenvalue weighted by Crippen LogP contribution is 2.33. The van der Waals surface area contributed by atoms with Gasteiger partial charge in [-0.25, -0.2) is 4.98 Å². The van der Waals surface area contributed by atoms with Crippen molar-refractivity contribution in [3.63, 3.8) is 0 Å². The zero-order valence-electron chi connectivity index (χ0n) is 16.4. The zero-order valence-corrected chi connectivity index (χ0v) is 18.0. The summed E-state index contributed by atoms with van der Waals surface area (Å²) in [6, 6.07) is 18.1. The summed E-state index contributed by atoms with van der Waals surface area (Å²) in [7, 11) is 1.55. The Morgan fingerprint density at radius 3 is 2.63 bits per heavy atom. The third kappa shape index (κ3) is 4.02. The molecule has 1 aromatic heterocycles. The average Bonchev–Trinajstić information content (AvgIpc) is 3.19. The molecule has 0 aliphatic rings. The van der Waals surface area contributed by atoms with Gasteiger partial charge in [-0.3, -0.25) is 4.79 Å². The second kappa shape index (κ2) is 8.59. The van der Waals surface area contributed by atoms with Crippen LogP contribution in [-0.4, -0.2) is 24.6 Å². The Balaban J connectivity index is 1.64. The van der Waals surface area contributed by atoms with E-state index < -0.39 is 0 Å². The number of para-hydroxylation sites is 2. The van der Waals surface area contributed by atoms with E-state index in [-0.39, 0.29) is 5.91 Å². The fourth-order valence-corrected chi connectivity index (χ4v) is 3.54. The lowest BCUT2D eigenvalue weighted by molar-refractivity contribution is 0.102. The van der Waals surface area contributed by atoms with E-state index in [1.54, 1.807) is 37.4 Å². The van der Waals surface area contributed by atoms with Crippen LogP contribution in [0.1, 0.15) is 17.3 Å². The number of aromatic nitrogens is 1. The number of nitrogens with one attached hydrogen (secondary N) is 1. The SMILES string of the molecule is CCOc1ccc(C(=O)Nc2cc(-c3nc4ccccc4o3)ccc2OC)cc1Br. The van der Waals surface area contributed by atoms with Crippen molar-refractivity contribution in [2.75, 3.05) is 19.0 Å². The molecule has 1 amide bonds. The molecule has 0 atom stereocenters. The Labute approximate surface area is 182 Å². The molecule has 7 heteroatoms. The largest absolute Gasteiger partial charge is 0.495 e. The number of nitrogens with zero attached hydrogens (tertiary/aromatic N) is 1. The first kappa shape index (κ1) is 20.0. The molecule has 0 aliphatic carbocycles. The van der Waals surface area contributed by atoms with Gasteiger partial charge in [-0.2, -0.15) is 0 Å². The molecule has 6 nitrogen and oxygen atoms in total. The highest BCUT2D eigenvalue weighted by atomic mass is 79.9. The molecule has 1 N–H and O–H groups in total. The van der Waals surface area contributed by atoms with Crippen LogP contribution in [0.2, 0.25) is 0 Å². The van der Waals surface area contributed by atoms with E-state index in [1.807, 2.05) is 37.3 Å². The highest BCUT2D eigenvalue weighted by Gasteiger charge is 2.15. The molecule has 30 heavy (non-hydrogen) atoms. The normalized spacial score (nSPS) is 10.8.